The predicted octanol–water partition coefficient (Wildman–Crippen LogP) is 1.63. The Labute approximate surface area is 150 Å². The third-order valence-corrected chi connectivity index (χ3v) is 6.38. The Morgan fingerprint density at radius 2 is 1.08 bits per heavy atom. The van der Waals surface area contributed by atoms with E-state index in [2.05, 4.69) is 10.6 Å². The van der Waals surface area contributed by atoms with Crippen LogP contribution in [0.4, 0.5) is 0 Å². The standard InChI is InChI=1S/C19H34N2O4/c1-13(18(24)9-5-6-10-18)20-15(22)17(3,4)16(23)21-14(2)19(25)11-7-8-12-19/h13-14,24-25H,5-12H2,1-4H3,(H,20,22)(H,21,23). The van der Waals surface area contributed by atoms with Gasteiger partial charge in [0.1, 0.15) is 5.41 Å². The molecule has 0 heterocycles. The molecule has 0 bridgehead atoms. The maximum Gasteiger partial charge on any atom is 0.235 e. The van der Waals surface area contributed by atoms with E-state index in [-0.39, 0.29) is 0 Å². The van der Waals surface area contributed by atoms with E-state index in [0.29, 0.717) is 25.7 Å². The van der Waals surface area contributed by atoms with Gasteiger partial charge in [-0.05, 0) is 53.4 Å². The molecule has 0 aromatic rings. The summed E-state index contributed by atoms with van der Waals surface area (Å²) in [6.07, 6.45) is 6.51. The van der Waals surface area contributed by atoms with Crippen LogP contribution in [0.5, 0.6) is 0 Å². The summed E-state index contributed by atoms with van der Waals surface area (Å²) < 4.78 is 0. The van der Waals surface area contributed by atoms with E-state index in [1.165, 1.54) is 0 Å². The van der Waals surface area contributed by atoms with Crippen LogP contribution in [0.25, 0.3) is 0 Å². The maximum atomic E-state index is 12.7. The van der Waals surface area contributed by atoms with Crippen LogP contribution in [0.3, 0.4) is 0 Å². The number of aliphatic hydroxyl groups is 2. The van der Waals surface area contributed by atoms with E-state index in [4.69, 9.17) is 0 Å². The van der Waals surface area contributed by atoms with Gasteiger partial charge in [0.05, 0.1) is 23.3 Å². The number of nitrogens with one attached hydrogen (secondary N) is 2. The van der Waals surface area contributed by atoms with Gasteiger partial charge < -0.3 is 20.8 Å². The van der Waals surface area contributed by atoms with Gasteiger partial charge in [0, 0.05) is 0 Å². The lowest BCUT2D eigenvalue weighted by molar-refractivity contribution is -0.144. The zero-order chi connectivity index (χ0) is 18.9. The van der Waals surface area contributed by atoms with Crippen molar-refractivity contribution in [1.82, 2.24) is 10.6 Å². The molecule has 2 atom stereocenters. The Kier molecular flexibility index (Phi) is 5.84. The average molecular weight is 354 g/mol. The highest BCUT2D eigenvalue weighted by Gasteiger charge is 2.44. The summed E-state index contributed by atoms with van der Waals surface area (Å²) in [5.74, 6) is -0.799. The first-order valence-corrected chi connectivity index (χ1v) is 9.58. The molecule has 2 fully saturated rings. The van der Waals surface area contributed by atoms with E-state index in [0.717, 1.165) is 25.7 Å². The molecule has 2 aliphatic rings. The van der Waals surface area contributed by atoms with Crippen LogP contribution in [-0.2, 0) is 9.59 Å². The number of hydrogen-bond acceptors (Lipinski definition) is 4. The highest BCUT2D eigenvalue weighted by atomic mass is 16.3. The van der Waals surface area contributed by atoms with Gasteiger partial charge in [0.15, 0.2) is 0 Å². The molecule has 0 radical (unpaired) electrons. The van der Waals surface area contributed by atoms with Crippen LogP contribution in [0.15, 0.2) is 0 Å². The maximum absolute atomic E-state index is 12.7. The SMILES string of the molecule is CC(NC(=O)C(C)(C)C(=O)NC(C)C1(O)CCCC1)C1(O)CCCC1. The van der Waals surface area contributed by atoms with Gasteiger partial charge in [0.25, 0.3) is 0 Å². The molecule has 2 aliphatic carbocycles. The van der Waals surface area contributed by atoms with Crippen LogP contribution >= 0.6 is 0 Å². The minimum absolute atomic E-state index is 0.397. The van der Waals surface area contributed by atoms with Gasteiger partial charge in [-0.15, -0.1) is 0 Å². The number of rotatable bonds is 6. The Morgan fingerprint density at radius 3 is 1.36 bits per heavy atom. The first kappa shape index (κ1) is 20.2. The van der Waals surface area contributed by atoms with Crippen molar-refractivity contribution >= 4 is 11.8 Å². The number of amides is 2. The minimum Gasteiger partial charge on any atom is -0.388 e. The largest absolute Gasteiger partial charge is 0.388 e. The molecule has 25 heavy (non-hydrogen) atoms. The fourth-order valence-corrected chi connectivity index (χ4v) is 3.97. The molecule has 6 nitrogen and oxygen atoms in total. The summed E-state index contributed by atoms with van der Waals surface area (Å²) in [6, 6.07) is -0.794. The van der Waals surface area contributed by atoms with E-state index in [9.17, 15) is 19.8 Å². The van der Waals surface area contributed by atoms with Crippen molar-refractivity contribution in [3.63, 3.8) is 0 Å². The quantitative estimate of drug-likeness (QED) is 0.545. The molecule has 2 unspecified atom stereocenters. The lowest BCUT2D eigenvalue weighted by Gasteiger charge is -2.35. The molecule has 4 N–H and O–H groups in total. The van der Waals surface area contributed by atoms with Gasteiger partial charge in [-0.1, -0.05) is 25.7 Å². The summed E-state index contributed by atoms with van der Waals surface area (Å²) in [7, 11) is 0. The molecule has 6 heteroatoms. The van der Waals surface area contributed by atoms with Crippen LogP contribution in [0.1, 0.15) is 79.1 Å². The lowest BCUT2D eigenvalue weighted by Crippen LogP contribution is -2.58. The third kappa shape index (κ3) is 4.17. The van der Waals surface area contributed by atoms with Gasteiger partial charge in [-0.25, -0.2) is 0 Å². The van der Waals surface area contributed by atoms with Crippen molar-refractivity contribution in [2.75, 3.05) is 0 Å². The van der Waals surface area contributed by atoms with Crippen molar-refractivity contribution in [1.29, 1.82) is 0 Å². The summed E-state index contributed by atoms with van der Waals surface area (Å²) in [4.78, 5) is 25.3. The van der Waals surface area contributed by atoms with Gasteiger partial charge in [-0.3, -0.25) is 9.59 Å². The fraction of sp³-hybridized carbons (Fsp3) is 0.895. The van der Waals surface area contributed by atoms with Crippen molar-refractivity contribution in [2.24, 2.45) is 5.41 Å². The van der Waals surface area contributed by atoms with Crippen LogP contribution in [0, 0.1) is 5.41 Å². The Bertz CT molecular complexity index is 462. The zero-order valence-electron chi connectivity index (χ0n) is 16.0. The number of carbonyl (C=O) groups excluding carboxylic acids is 2. The van der Waals surface area contributed by atoms with E-state index in [1.54, 1.807) is 27.7 Å². The van der Waals surface area contributed by atoms with Crippen molar-refractivity contribution in [3.05, 3.63) is 0 Å². The molecular formula is C19H34N2O4. The molecule has 144 valence electrons. The monoisotopic (exact) mass is 354 g/mol. The third-order valence-electron chi connectivity index (χ3n) is 6.38. The van der Waals surface area contributed by atoms with Gasteiger partial charge >= 0.3 is 0 Å². The predicted molar refractivity (Wildman–Crippen MR) is 95.8 cm³/mol. The molecule has 2 saturated carbocycles. The molecular weight excluding hydrogens is 320 g/mol. The number of hydrogen-bond donors (Lipinski definition) is 4. The van der Waals surface area contributed by atoms with E-state index < -0.39 is 40.5 Å². The molecule has 2 amide bonds. The Balaban J connectivity index is 1.96. The smallest absolute Gasteiger partial charge is 0.235 e. The average Bonchev–Trinajstić information content (AvgIpc) is 3.17. The molecule has 0 spiro atoms. The number of carbonyl (C=O) groups is 2. The minimum atomic E-state index is -1.27. The molecule has 0 aromatic heterocycles. The topological polar surface area (TPSA) is 98.7 Å². The van der Waals surface area contributed by atoms with E-state index in [1.807, 2.05) is 0 Å². The molecule has 0 saturated heterocycles. The first-order chi connectivity index (χ1) is 11.5. The second kappa shape index (κ2) is 7.23. The summed E-state index contributed by atoms with van der Waals surface area (Å²) in [5, 5.41) is 26.8. The second-order valence-electron chi connectivity index (χ2n) is 8.64. The Morgan fingerprint density at radius 1 is 0.800 bits per heavy atom. The van der Waals surface area contributed by atoms with Crippen molar-refractivity contribution in [3.8, 4) is 0 Å². The van der Waals surface area contributed by atoms with Gasteiger partial charge in [-0.2, -0.15) is 0 Å². The first-order valence-electron chi connectivity index (χ1n) is 9.58. The fourth-order valence-electron chi connectivity index (χ4n) is 3.97. The molecule has 2 rings (SSSR count). The summed E-state index contributed by atoms with van der Waals surface area (Å²) in [6.45, 7) is 6.74. The van der Waals surface area contributed by atoms with Crippen LogP contribution in [0.2, 0.25) is 0 Å². The van der Waals surface area contributed by atoms with Crippen molar-refractivity contribution in [2.45, 2.75) is 102 Å². The molecule has 0 aliphatic heterocycles. The molecule has 0 aromatic carbocycles. The van der Waals surface area contributed by atoms with Crippen LogP contribution in [-0.4, -0.2) is 45.3 Å². The second-order valence-corrected chi connectivity index (χ2v) is 8.64. The highest BCUT2D eigenvalue weighted by Crippen LogP contribution is 2.34. The Hall–Kier alpha value is -1.14. The summed E-state index contributed by atoms with van der Waals surface area (Å²) in [5.41, 5.74) is -3.03. The van der Waals surface area contributed by atoms with Crippen LogP contribution < -0.4 is 10.6 Å². The normalized spacial score (nSPS) is 24.6. The zero-order valence-corrected chi connectivity index (χ0v) is 16.0. The van der Waals surface area contributed by atoms with E-state index >= 15 is 0 Å². The van der Waals surface area contributed by atoms with Crippen molar-refractivity contribution < 1.29 is 19.8 Å². The lowest BCUT2D eigenvalue weighted by atomic mass is 9.86. The van der Waals surface area contributed by atoms with Gasteiger partial charge in [0.2, 0.25) is 11.8 Å². The highest BCUT2D eigenvalue weighted by molar-refractivity contribution is 6.04. The summed E-state index contributed by atoms with van der Waals surface area (Å²) >= 11 is 0.